The molecule has 0 unspecified atom stereocenters. The Morgan fingerprint density at radius 2 is 1.30 bits per heavy atom. The van der Waals surface area contributed by atoms with Crippen molar-refractivity contribution in [1.82, 2.24) is 0 Å². The first kappa shape index (κ1) is 22.7. The minimum Gasteiger partial charge on any atom is -0.456 e. The first-order valence-electron chi connectivity index (χ1n) is 13.7. The normalized spacial score (nSPS) is 12.5. The third kappa shape index (κ3) is 3.52. The highest BCUT2D eigenvalue weighted by Gasteiger charge is 2.26. The molecule has 2 nitrogen and oxygen atoms in total. The lowest BCUT2D eigenvalue weighted by molar-refractivity contribution is 0.594. The van der Waals surface area contributed by atoms with Gasteiger partial charge < -0.3 is 8.83 Å². The van der Waals surface area contributed by atoms with Gasteiger partial charge in [0.25, 0.3) is 0 Å². The first-order valence-corrected chi connectivity index (χ1v) is 13.7. The van der Waals surface area contributed by atoms with Crippen LogP contribution >= 0.6 is 0 Å². The molecule has 0 radical (unpaired) electrons. The molecule has 40 heavy (non-hydrogen) atoms. The van der Waals surface area contributed by atoms with Crippen molar-refractivity contribution in [2.75, 3.05) is 0 Å². The van der Waals surface area contributed by atoms with Gasteiger partial charge in [-0.05, 0) is 48.2 Å². The largest absolute Gasteiger partial charge is 0.456 e. The van der Waals surface area contributed by atoms with E-state index in [4.69, 9.17) is 8.83 Å². The van der Waals surface area contributed by atoms with Crippen molar-refractivity contribution in [2.45, 2.75) is 12.8 Å². The van der Waals surface area contributed by atoms with Crippen LogP contribution in [0.3, 0.4) is 0 Å². The lowest BCUT2D eigenvalue weighted by Gasteiger charge is -2.10. The van der Waals surface area contributed by atoms with Crippen molar-refractivity contribution >= 4 is 28.0 Å². The number of benzene rings is 4. The van der Waals surface area contributed by atoms with Crippen molar-refractivity contribution in [2.24, 2.45) is 0 Å². The van der Waals surface area contributed by atoms with Gasteiger partial charge >= 0.3 is 0 Å². The number of furan rings is 2. The van der Waals surface area contributed by atoms with Crippen LogP contribution in [0.4, 0.5) is 0 Å². The second-order valence-corrected chi connectivity index (χ2v) is 10.2. The summed E-state index contributed by atoms with van der Waals surface area (Å²) in [6.45, 7) is 0. The lowest BCUT2D eigenvalue weighted by Crippen LogP contribution is -1.94. The average molecular weight is 513 g/mol. The zero-order chi connectivity index (χ0) is 26.5. The molecule has 8 rings (SSSR count). The highest BCUT2D eigenvalue weighted by atomic mass is 16.3. The predicted molar refractivity (Wildman–Crippen MR) is 163 cm³/mol. The maximum atomic E-state index is 6.96. The smallest absolute Gasteiger partial charge is 0.143 e. The topological polar surface area (TPSA) is 26.3 Å². The van der Waals surface area contributed by atoms with E-state index in [-0.39, 0.29) is 0 Å². The van der Waals surface area contributed by atoms with E-state index in [9.17, 15) is 0 Å². The molecule has 2 heterocycles. The molecule has 0 fully saturated rings. The van der Waals surface area contributed by atoms with Gasteiger partial charge in [-0.25, -0.2) is 0 Å². The second kappa shape index (κ2) is 9.19. The number of fused-ring (bicyclic) bond motifs is 4. The van der Waals surface area contributed by atoms with E-state index in [0.717, 1.165) is 85.2 Å². The van der Waals surface area contributed by atoms with Crippen LogP contribution in [0.15, 0.2) is 124 Å². The van der Waals surface area contributed by atoms with Crippen molar-refractivity contribution < 1.29 is 8.83 Å². The van der Waals surface area contributed by atoms with Crippen LogP contribution in [0.25, 0.3) is 72.9 Å². The van der Waals surface area contributed by atoms with Crippen molar-refractivity contribution in [3.05, 3.63) is 139 Å². The molecule has 0 spiro atoms. The van der Waals surface area contributed by atoms with Crippen molar-refractivity contribution in [3.63, 3.8) is 0 Å². The summed E-state index contributed by atoms with van der Waals surface area (Å²) in [6.07, 6.45) is 6.40. The molecule has 0 N–H and O–H groups in total. The summed E-state index contributed by atoms with van der Waals surface area (Å²) in [7, 11) is 0. The molecule has 2 heteroatoms. The highest BCUT2D eigenvalue weighted by molar-refractivity contribution is 6.18. The predicted octanol–water partition coefficient (Wildman–Crippen LogP) is 10.4. The molecular weight excluding hydrogens is 488 g/mol. The van der Waals surface area contributed by atoms with Gasteiger partial charge in [-0.3, -0.25) is 0 Å². The molecule has 0 saturated heterocycles. The molecule has 1 aliphatic rings. The van der Waals surface area contributed by atoms with E-state index >= 15 is 0 Å². The lowest BCUT2D eigenvalue weighted by atomic mass is 9.90. The van der Waals surface area contributed by atoms with Gasteiger partial charge in [0, 0.05) is 44.2 Å². The Kier molecular flexibility index (Phi) is 5.21. The summed E-state index contributed by atoms with van der Waals surface area (Å²) in [6, 6.07) is 43.9. The van der Waals surface area contributed by atoms with E-state index in [1.807, 2.05) is 12.1 Å². The molecule has 188 valence electrons. The third-order valence-corrected chi connectivity index (χ3v) is 7.86. The van der Waals surface area contributed by atoms with E-state index in [1.54, 1.807) is 0 Å². The standard InChI is InChI=1S/C38H24O2/c1-3-13-25(14-4-1)27-17-7-8-18-29(27)37-30-19-9-10-20-31(30)38(40-37)32-22-12-24-34-36(32)35-28(21-11-23-33(35)39-34)26-15-5-2-6-16-26/h1-3,5-8,10-13,15-18,20-24H,9,19H2. The number of hydrogen-bond acceptors (Lipinski definition) is 2. The number of rotatable bonds is 4. The summed E-state index contributed by atoms with van der Waals surface area (Å²) in [5, 5.41) is 2.19. The van der Waals surface area contributed by atoms with Crippen LogP contribution in [0.5, 0.6) is 0 Å². The van der Waals surface area contributed by atoms with Crippen LogP contribution in [-0.4, -0.2) is 0 Å². The molecular formula is C38H24O2. The molecule has 0 aliphatic heterocycles. The Bertz CT molecular complexity index is 2040. The maximum Gasteiger partial charge on any atom is 0.143 e. The van der Waals surface area contributed by atoms with Crippen LogP contribution in [-0.2, 0) is 6.42 Å². The second-order valence-electron chi connectivity index (χ2n) is 10.2. The molecule has 1 aliphatic carbocycles. The van der Waals surface area contributed by atoms with E-state index in [2.05, 4.69) is 121 Å². The van der Waals surface area contributed by atoms with Gasteiger partial charge in [0.2, 0.25) is 0 Å². The Morgan fingerprint density at radius 1 is 0.575 bits per heavy atom. The molecule has 0 saturated carbocycles. The zero-order valence-corrected chi connectivity index (χ0v) is 21.8. The molecule has 5 aromatic carbocycles. The summed E-state index contributed by atoms with van der Waals surface area (Å²) in [4.78, 5) is 0. The molecule has 7 aromatic rings. The van der Waals surface area contributed by atoms with Gasteiger partial charge in [0.1, 0.15) is 22.7 Å². The monoisotopic (exact) mass is 512 g/mol. The molecule has 0 atom stereocenters. The molecule has 0 bridgehead atoms. The van der Waals surface area contributed by atoms with Crippen LogP contribution in [0.1, 0.15) is 17.5 Å². The quantitative estimate of drug-likeness (QED) is 0.234. The Hall–Kier alpha value is -5.26. The molecule has 0 amide bonds. The number of allylic oxidation sites excluding steroid dienone is 1. The Labute approximate surface area is 232 Å². The fraction of sp³-hybridized carbons (Fsp3) is 0.0526. The maximum absolute atomic E-state index is 6.96. The van der Waals surface area contributed by atoms with Crippen LogP contribution in [0, 0.1) is 12.1 Å². The van der Waals surface area contributed by atoms with Gasteiger partial charge in [-0.15, -0.1) is 0 Å². The summed E-state index contributed by atoms with van der Waals surface area (Å²) in [5.41, 5.74) is 10.7. The van der Waals surface area contributed by atoms with Gasteiger partial charge in [-0.1, -0.05) is 109 Å². The third-order valence-electron chi connectivity index (χ3n) is 7.86. The minimum atomic E-state index is 0.859. The zero-order valence-electron chi connectivity index (χ0n) is 21.8. The average Bonchev–Trinajstić information content (AvgIpc) is 3.61. The van der Waals surface area contributed by atoms with Crippen LogP contribution in [0.2, 0.25) is 0 Å². The Balaban J connectivity index is 1.41. The summed E-state index contributed by atoms with van der Waals surface area (Å²) in [5.74, 6) is 1.81. The van der Waals surface area contributed by atoms with Crippen molar-refractivity contribution in [1.29, 1.82) is 0 Å². The van der Waals surface area contributed by atoms with E-state index in [1.165, 1.54) is 5.56 Å². The summed E-state index contributed by atoms with van der Waals surface area (Å²) < 4.78 is 13.4. The van der Waals surface area contributed by atoms with Gasteiger partial charge in [-0.2, -0.15) is 0 Å². The number of hydrogen-bond donors (Lipinski definition) is 0. The van der Waals surface area contributed by atoms with E-state index < -0.39 is 0 Å². The van der Waals surface area contributed by atoms with Crippen LogP contribution < -0.4 is 0 Å². The van der Waals surface area contributed by atoms with E-state index in [0.29, 0.717) is 0 Å². The SMILES string of the molecule is c1cccc(-c2ccccc2-c2oc(-c3cccc4oc5cccc(-c6ccccc6)c5c34)c3c2CCC=C3)c#1. The summed E-state index contributed by atoms with van der Waals surface area (Å²) >= 11 is 0. The highest BCUT2D eigenvalue weighted by Crippen LogP contribution is 2.47. The fourth-order valence-corrected chi connectivity index (χ4v) is 6.09. The van der Waals surface area contributed by atoms with Crippen molar-refractivity contribution in [3.8, 4) is 44.9 Å². The first-order chi connectivity index (χ1) is 19.9. The molecule has 2 aromatic heterocycles. The fourth-order valence-electron chi connectivity index (χ4n) is 6.09. The van der Waals surface area contributed by atoms with Gasteiger partial charge in [0.05, 0.1) is 0 Å². The Morgan fingerprint density at radius 3 is 2.10 bits per heavy atom. The van der Waals surface area contributed by atoms with Gasteiger partial charge in [0.15, 0.2) is 0 Å². The minimum absolute atomic E-state index is 0.859.